The van der Waals surface area contributed by atoms with Gasteiger partial charge in [-0.25, -0.2) is 0 Å². The Balaban J connectivity index is 2.43. The Labute approximate surface area is 93.8 Å². The first-order valence-corrected chi connectivity index (χ1v) is 5.74. The Bertz CT molecular complexity index is 258. The van der Waals surface area contributed by atoms with Crippen molar-refractivity contribution in [3.05, 3.63) is 34.3 Å². The average Bonchev–Trinajstić information content (AvgIpc) is 2.19. The molecule has 0 bridgehead atoms. The van der Waals surface area contributed by atoms with E-state index >= 15 is 0 Å². The highest BCUT2D eigenvalue weighted by molar-refractivity contribution is 9.10. The molecule has 0 aliphatic heterocycles. The predicted octanol–water partition coefficient (Wildman–Crippen LogP) is 2.58. The first-order chi connectivity index (χ1) is 6.74. The maximum absolute atomic E-state index is 6.03. The van der Waals surface area contributed by atoms with E-state index in [1.807, 2.05) is 12.1 Å². The van der Waals surface area contributed by atoms with Gasteiger partial charge in [-0.05, 0) is 37.1 Å². The van der Waals surface area contributed by atoms with Gasteiger partial charge < -0.3 is 11.5 Å². The number of benzene rings is 1. The summed E-state index contributed by atoms with van der Waals surface area (Å²) < 4.78 is 1.09. The van der Waals surface area contributed by atoms with E-state index in [1.165, 1.54) is 5.56 Å². The molecule has 1 atom stereocenters. The topological polar surface area (TPSA) is 52.0 Å². The summed E-state index contributed by atoms with van der Waals surface area (Å²) in [6.07, 6.45) is 3.18. The molecule has 3 heteroatoms. The van der Waals surface area contributed by atoms with Crippen molar-refractivity contribution in [3.8, 4) is 0 Å². The van der Waals surface area contributed by atoms with Crippen molar-refractivity contribution in [1.29, 1.82) is 0 Å². The van der Waals surface area contributed by atoms with Gasteiger partial charge in [-0.1, -0.05) is 34.5 Å². The molecule has 2 nitrogen and oxygen atoms in total. The lowest BCUT2D eigenvalue weighted by Crippen LogP contribution is -2.10. The molecule has 1 aromatic carbocycles. The molecule has 0 saturated heterocycles. The van der Waals surface area contributed by atoms with Crippen LogP contribution in [0.5, 0.6) is 0 Å². The standard InChI is InChI=1S/C11H17BrN2/c12-10-6-4-9(5-7-10)11(14)3-1-2-8-13/h4-7,11H,1-3,8,13-14H2/t11-/m0/s1. The van der Waals surface area contributed by atoms with Gasteiger partial charge in [0.15, 0.2) is 0 Å². The van der Waals surface area contributed by atoms with Gasteiger partial charge in [0.05, 0.1) is 0 Å². The molecule has 0 aliphatic carbocycles. The van der Waals surface area contributed by atoms with Gasteiger partial charge in [0, 0.05) is 10.5 Å². The Morgan fingerprint density at radius 3 is 2.36 bits per heavy atom. The summed E-state index contributed by atoms with van der Waals surface area (Å²) in [5, 5.41) is 0. The van der Waals surface area contributed by atoms with Crippen molar-refractivity contribution in [2.24, 2.45) is 11.5 Å². The smallest absolute Gasteiger partial charge is 0.0294 e. The summed E-state index contributed by atoms with van der Waals surface area (Å²) in [4.78, 5) is 0. The first kappa shape index (κ1) is 11.7. The highest BCUT2D eigenvalue weighted by Gasteiger charge is 2.04. The fourth-order valence-corrected chi connectivity index (χ4v) is 1.65. The third-order valence-corrected chi connectivity index (χ3v) is 2.80. The van der Waals surface area contributed by atoms with Crippen molar-refractivity contribution >= 4 is 15.9 Å². The maximum atomic E-state index is 6.03. The largest absolute Gasteiger partial charge is 0.330 e. The summed E-state index contributed by atoms with van der Waals surface area (Å²) in [5.74, 6) is 0. The quantitative estimate of drug-likeness (QED) is 0.796. The lowest BCUT2D eigenvalue weighted by atomic mass is 10.0. The molecule has 0 heterocycles. The number of hydrogen-bond acceptors (Lipinski definition) is 2. The SMILES string of the molecule is NCCCC[C@H](N)c1ccc(Br)cc1. The Kier molecular flexibility index (Phi) is 5.15. The Hall–Kier alpha value is -0.380. The Morgan fingerprint density at radius 2 is 1.79 bits per heavy atom. The minimum Gasteiger partial charge on any atom is -0.330 e. The van der Waals surface area contributed by atoms with Gasteiger partial charge in [-0.15, -0.1) is 0 Å². The second kappa shape index (κ2) is 6.17. The summed E-state index contributed by atoms with van der Waals surface area (Å²) in [6, 6.07) is 8.33. The van der Waals surface area contributed by atoms with Gasteiger partial charge in [0.25, 0.3) is 0 Å². The van der Waals surface area contributed by atoms with Gasteiger partial charge >= 0.3 is 0 Å². The van der Waals surface area contributed by atoms with Crippen LogP contribution in [0.1, 0.15) is 30.9 Å². The molecule has 0 spiro atoms. The third kappa shape index (κ3) is 3.78. The zero-order chi connectivity index (χ0) is 10.4. The molecular weight excluding hydrogens is 240 g/mol. The average molecular weight is 257 g/mol. The van der Waals surface area contributed by atoms with Crippen molar-refractivity contribution in [3.63, 3.8) is 0 Å². The van der Waals surface area contributed by atoms with Crippen LogP contribution in [-0.2, 0) is 0 Å². The molecule has 0 unspecified atom stereocenters. The number of nitrogens with two attached hydrogens (primary N) is 2. The molecule has 0 aromatic heterocycles. The molecule has 0 fully saturated rings. The van der Waals surface area contributed by atoms with Crippen LogP contribution < -0.4 is 11.5 Å². The van der Waals surface area contributed by atoms with Crippen molar-refractivity contribution in [1.82, 2.24) is 0 Å². The summed E-state index contributed by atoms with van der Waals surface area (Å²) in [6.45, 7) is 0.757. The number of hydrogen-bond donors (Lipinski definition) is 2. The molecule has 14 heavy (non-hydrogen) atoms. The molecular formula is C11H17BrN2. The van der Waals surface area contributed by atoms with Gasteiger partial charge in [-0.2, -0.15) is 0 Å². The molecule has 78 valence electrons. The van der Waals surface area contributed by atoms with Crippen molar-refractivity contribution in [2.75, 3.05) is 6.54 Å². The maximum Gasteiger partial charge on any atom is 0.0294 e. The van der Waals surface area contributed by atoms with E-state index in [0.29, 0.717) is 0 Å². The second-order valence-electron chi connectivity index (χ2n) is 3.44. The fourth-order valence-electron chi connectivity index (χ4n) is 1.39. The van der Waals surface area contributed by atoms with E-state index in [0.717, 1.165) is 30.3 Å². The van der Waals surface area contributed by atoms with Crippen LogP contribution >= 0.6 is 15.9 Å². The third-order valence-electron chi connectivity index (χ3n) is 2.27. The molecule has 0 aliphatic rings. The van der Waals surface area contributed by atoms with Crippen LogP contribution in [0.4, 0.5) is 0 Å². The second-order valence-corrected chi connectivity index (χ2v) is 4.36. The van der Waals surface area contributed by atoms with E-state index in [4.69, 9.17) is 11.5 Å². The molecule has 4 N–H and O–H groups in total. The highest BCUT2D eigenvalue weighted by Crippen LogP contribution is 2.19. The minimum atomic E-state index is 0.148. The summed E-state index contributed by atoms with van der Waals surface area (Å²) in [5.41, 5.74) is 12.7. The van der Waals surface area contributed by atoms with E-state index in [1.54, 1.807) is 0 Å². The van der Waals surface area contributed by atoms with E-state index in [-0.39, 0.29) is 6.04 Å². The van der Waals surface area contributed by atoms with Crippen LogP contribution in [0.25, 0.3) is 0 Å². The zero-order valence-electron chi connectivity index (χ0n) is 8.25. The zero-order valence-corrected chi connectivity index (χ0v) is 9.83. The molecule has 1 rings (SSSR count). The molecule has 0 saturated carbocycles. The molecule has 1 aromatic rings. The van der Waals surface area contributed by atoms with Crippen LogP contribution in [0.15, 0.2) is 28.7 Å². The van der Waals surface area contributed by atoms with Crippen LogP contribution in [0, 0.1) is 0 Å². The normalized spacial score (nSPS) is 12.8. The van der Waals surface area contributed by atoms with Gasteiger partial charge in [0.1, 0.15) is 0 Å². The van der Waals surface area contributed by atoms with Crippen LogP contribution in [-0.4, -0.2) is 6.54 Å². The summed E-state index contributed by atoms with van der Waals surface area (Å²) >= 11 is 3.40. The van der Waals surface area contributed by atoms with E-state index < -0.39 is 0 Å². The van der Waals surface area contributed by atoms with E-state index in [2.05, 4.69) is 28.1 Å². The van der Waals surface area contributed by atoms with Crippen LogP contribution in [0.2, 0.25) is 0 Å². The van der Waals surface area contributed by atoms with Crippen molar-refractivity contribution in [2.45, 2.75) is 25.3 Å². The molecule has 0 amide bonds. The lowest BCUT2D eigenvalue weighted by Gasteiger charge is -2.11. The first-order valence-electron chi connectivity index (χ1n) is 4.95. The van der Waals surface area contributed by atoms with E-state index in [9.17, 15) is 0 Å². The summed E-state index contributed by atoms with van der Waals surface area (Å²) in [7, 11) is 0. The van der Waals surface area contributed by atoms with Crippen molar-refractivity contribution < 1.29 is 0 Å². The number of rotatable bonds is 5. The number of unbranched alkanes of at least 4 members (excludes halogenated alkanes) is 1. The Morgan fingerprint density at radius 1 is 1.14 bits per heavy atom. The van der Waals surface area contributed by atoms with Gasteiger partial charge in [-0.3, -0.25) is 0 Å². The fraction of sp³-hybridized carbons (Fsp3) is 0.455. The minimum absolute atomic E-state index is 0.148. The predicted molar refractivity (Wildman–Crippen MR) is 64.0 cm³/mol. The monoisotopic (exact) mass is 256 g/mol. The molecule has 0 radical (unpaired) electrons. The highest BCUT2D eigenvalue weighted by atomic mass is 79.9. The number of halogens is 1. The lowest BCUT2D eigenvalue weighted by molar-refractivity contribution is 0.591. The van der Waals surface area contributed by atoms with Crippen LogP contribution in [0.3, 0.4) is 0 Å². The van der Waals surface area contributed by atoms with Gasteiger partial charge in [0.2, 0.25) is 0 Å².